The second kappa shape index (κ2) is 6.69. The molecule has 1 aromatic carbocycles. The van der Waals surface area contributed by atoms with Crippen molar-refractivity contribution < 1.29 is 9.13 Å². The fraction of sp³-hybridized carbons (Fsp3) is 0.500. The SMILES string of the molecule is Cl.N[C@H](c1cccc(F)c1Br)C1CCOCC1. The first-order valence-electron chi connectivity index (χ1n) is 5.47. The minimum absolute atomic E-state index is 0. The third kappa shape index (κ3) is 3.41. The van der Waals surface area contributed by atoms with Crippen LogP contribution in [-0.4, -0.2) is 13.2 Å². The van der Waals surface area contributed by atoms with Gasteiger partial charge in [0.05, 0.1) is 4.47 Å². The van der Waals surface area contributed by atoms with Crippen molar-refractivity contribution in [1.29, 1.82) is 0 Å². The van der Waals surface area contributed by atoms with Crippen LogP contribution in [0.1, 0.15) is 24.4 Å². The van der Waals surface area contributed by atoms with E-state index in [1.54, 1.807) is 6.07 Å². The van der Waals surface area contributed by atoms with E-state index < -0.39 is 0 Å². The Kier molecular flexibility index (Phi) is 5.86. The first-order chi connectivity index (χ1) is 7.70. The number of halogens is 3. The van der Waals surface area contributed by atoms with Gasteiger partial charge in [0.1, 0.15) is 5.82 Å². The van der Waals surface area contributed by atoms with Crippen molar-refractivity contribution in [2.75, 3.05) is 13.2 Å². The third-order valence-electron chi connectivity index (χ3n) is 3.11. The average Bonchev–Trinajstić information content (AvgIpc) is 2.33. The van der Waals surface area contributed by atoms with E-state index in [1.165, 1.54) is 6.07 Å². The van der Waals surface area contributed by atoms with Crippen LogP contribution in [0.5, 0.6) is 0 Å². The summed E-state index contributed by atoms with van der Waals surface area (Å²) in [5.74, 6) is 0.131. The van der Waals surface area contributed by atoms with Crippen molar-refractivity contribution in [3.63, 3.8) is 0 Å². The topological polar surface area (TPSA) is 35.2 Å². The Morgan fingerprint density at radius 2 is 2.00 bits per heavy atom. The Balaban J connectivity index is 0.00000144. The number of hydrogen-bond donors (Lipinski definition) is 1. The van der Waals surface area contributed by atoms with E-state index in [2.05, 4.69) is 15.9 Å². The lowest BCUT2D eigenvalue weighted by Crippen LogP contribution is -2.27. The highest BCUT2D eigenvalue weighted by Gasteiger charge is 2.24. The van der Waals surface area contributed by atoms with Crippen molar-refractivity contribution in [1.82, 2.24) is 0 Å². The zero-order chi connectivity index (χ0) is 11.5. The van der Waals surface area contributed by atoms with Crippen LogP contribution in [0.15, 0.2) is 22.7 Å². The largest absolute Gasteiger partial charge is 0.381 e. The van der Waals surface area contributed by atoms with Crippen LogP contribution in [0.2, 0.25) is 0 Å². The van der Waals surface area contributed by atoms with Gasteiger partial charge in [-0.05, 0) is 46.3 Å². The van der Waals surface area contributed by atoms with Crippen LogP contribution in [0.3, 0.4) is 0 Å². The van der Waals surface area contributed by atoms with Crippen molar-refractivity contribution in [3.05, 3.63) is 34.1 Å². The zero-order valence-electron chi connectivity index (χ0n) is 9.36. The monoisotopic (exact) mass is 323 g/mol. The number of ether oxygens (including phenoxy) is 1. The van der Waals surface area contributed by atoms with Gasteiger partial charge in [0.2, 0.25) is 0 Å². The number of nitrogens with two attached hydrogens (primary N) is 1. The van der Waals surface area contributed by atoms with E-state index in [0.717, 1.165) is 31.6 Å². The molecular weight excluding hydrogens is 308 g/mol. The van der Waals surface area contributed by atoms with E-state index in [1.807, 2.05) is 6.07 Å². The Morgan fingerprint density at radius 3 is 2.65 bits per heavy atom. The molecule has 1 aliphatic heterocycles. The maximum absolute atomic E-state index is 13.4. The first-order valence-corrected chi connectivity index (χ1v) is 6.26. The van der Waals surface area contributed by atoms with Crippen LogP contribution >= 0.6 is 28.3 Å². The number of rotatable bonds is 2. The fourth-order valence-electron chi connectivity index (χ4n) is 2.11. The lowest BCUT2D eigenvalue weighted by molar-refractivity contribution is 0.0583. The standard InChI is InChI=1S/C12H15BrFNO.ClH/c13-11-9(2-1-3-10(11)14)12(15)8-4-6-16-7-5-8;/h1-3,8,12H,4-7,15H2;1H/t12-;/m0./s1. The molecule has 0 radical (unpaired) electrons. The summed E-state index contributed by atoms with van der Waals surface area (Å²) in [5.41, 5.74) is 7.04. The molecule has 1 aromatic rings. The third-order valence-corrected chi connectivity index (χ3v) is 3.95. The molecule has 1 saturated heterocycles. The summed E-state index contributed by atoms with van der Waals surface area (Å²) in [6.07, 6.45) is 1.90. The summed E-state index contributed by atoms with van der Waals surface area (Å²) in [6, 6.07) is 4.90. The average molecular weight is 325 g/mol. The predicted octanol–water partition coefficient (Wildman–Crippen LogP) is 3.44. The molecule has 0 bridgehead atoms. The maximum atomic E-state index is 13.4. The molecule has 0 aromatic heterocycles. The molecule has 0 unspecified atom stereocenters. The van der Waals surface area contributed by atoms with Gasteiger partial charge < -0.3 is 10.5 Å². The van der Waals surface area contributed by atoms with Gasteiger partial charge in [-0.15, -0.1) is 12.4 Å². The molecule has 1 aliphatic rings. The highest BCUT2D eigenvalue weighted by atomic mass is 79.9. The molecule has 5 heteroatoms. The van der Waals surface area contributed by atoms with Gasteiger partial charge in [-0.3, -0.25) is 0 Å². The molecule has 17 heavy (non-hydrogen) atoms. The Hall–Kier alpha value is -0.160. The molecule has 1 atom stereocenters. The highest BCUT2D eigenvalue weighted by Crippen LogP contribution is 2.33. The molecule has 0 amide bonds. The van der Waals surface area contributed by atoms with E-state index in [0.29, 0.717) is 10.4 Å². The number of benzene rings is 1. The Labute approximate surface area is 115 Å². The van der Waals surface area contributed by atoms with E-state index in [4.69, 9.17) is 10.5 Å². The normalized spacial score (nSPS) is 18.5. The maximum Gasteiger partial charge on any atom is 0.137 e. The summed E-state index contributed by atoms with van der Waals surface area (Å²) in [6.45, 7) is 1.51. The summed E-state index contributed by atoms with van der Waals surface area (Å²) < 4.78 is 19.2. The van der Waals surface area contributed by atoms with Gasteiger partial charge in [0.25, 0.3) is 0 Å². The minimum atomic E-state index is -0.250. The van der Waals surface area contributed by atoms with Crippen LogP contribution in [-0.2, 0) is 4.74 Å². The summed E-state index contributed by atoms with van der Waals surface area (Å²) >= 11 is 3.26. The fourth-order valence-corrected chi connectivity index (χ4v) is 2.64. The van der Waals surface area contributed by atoms with Crippen molar-refractivity contribution in [3.8, 4) is 0 Å². The molecule has 0 aliphatic carbocycles. The van der Waals surface area contributed by atoms with E-state index >= 15 is 0 Å². The van der Waals surface area contributed by atoms with Gasteiger partial charge in [-0.25, -0.2) is 4.39 Å². The van der Waals surface area contributed by atoms with Gasteiger partial charge in [-0.2, -0.15) is 0 Å². The predicted molar refractivity (Wildman–Crippen MR) is 71.8 cm³/mol. The second-order valence-electron chi connectivity index (χ2n) is 4.12. The lowest BCUT2D eigenvalue weighted by Gasteiger charge is -2.28. The summed E-state index contributed by atoms with van der Waals surface area (Å²) in [5, 5.41) is 0. The van der Waals surface area contributed by atoms with Crippen LogP contribution in [0, 0.1) is 11.7 Å². The van der Waals surface area contributed by atoms with Crippen molar-refractivity contribution in [2.45, 2.75) is 18.9 Å². The molecule has 96 valence electrons. The molecular formula is C12H16BrClFNO. The number of hydrogen-bond acceptors (Lipinski definition) is 2. The molecule has 0 saturated carbocycles. The molecule has 2 N–H and O–H groups in total. The highest BCUT2D eigenvalue weighted by molar-refractivity contribution is 9.10. The molecule has 1 fully saturated rings. The van der Waals surface area contributed by atoms with Crippen molar-refractivity contribution >= 4 is 28.3 Å². The van der Waals surface area contributed by atoms with E-state index in [9.17, 15) is 4.39 Å². The summed E-state index contributed by atoms with van der Waals surface area (Å²) in [7, 11) is 0. The Morgan fingerprint density at radius 1 is 1.35 bits per heavy atom. The Bertz CT molecular complexity index is 372. The van der Waals surface area contributed by atoms with Crippen molar-refractivity contribution in [2.24, 2.45) is 11.7 Å². The molecule has 2 rings (SSSR count). The van der Waals surface area contributed by atoms with Crippen LogP contribution in [0.25, 0.3) is 0 Å². The first kappa shape index (κ1) is 14.9. The summed E-state index contributed by atoms with van der Waals surface area (Å²) in [4.78, 5) is 0. The molecule has 2 nitrogen and oxygen atoms in total. The van der Waals surface area contributed by atoms with Gasteiger partial charge >= 0.3 is 0 Å². The smallest absolute Gasteiger partial charge is 0.137 e. The van der Waals surface area contributed by atoms with Gasteiger partial charge in [0.15, 0.2) is 0 Å². The van der Waals surface area contributed by atoms with Crippen LogP contribution in [0.4, 0.5) is 4.39 Å². The van der Waals surface area contributed by atoms with Gasteiger partial charge in [-0.1, -0.05) is 12.1 Å². The lowest BCUT2D eigenvalue weighted by atomic mass is 9.88. The second-order valence-corrected chi connectivity index (χ2v) is 4.91. The zero-order valence-corrected chi connectivity index (χ0v) is 11.8. The quantitative estimate of drug-likeness (QED) is 0.904. The molecule has 1 heterocycles. The minimum Gasteiger partial charge on any atom is -0.381 e. The van der Waals surface area contributed by atoms with Gasteiger partial charge in [0, 0.05) is 19.3 Å². The van der Waals surface area contributed by atoms with Crippen LogP contribution < -0.4 is 5.73 Å². The van der Waals surface area contributed by atoms with E-state index in [-0.39, 0.29) is 24.3 Å². The molecule has 0 spiro atoms.